The number of hydrogen-bond acceptors (Lipinski definition) is 3. The predicted molar refractivity (Wildman–Crippen MR) is 66.1 cm³/mol. The average Bonchev–Trinajstić information content (AvgIpc) is 2.16. The molecule has 0 unspecified atom stereocenters. The molecule has 0 radical (unpaired) electrons. The van der Waals surface area contributed by atoms with Gasteiger partial charge in [-0.1, -0.05) is 26.8 Å². The van der Waals surface area contributed by atoms with E-state index >= 15 is 0 Å². The molecule has 3 nitrogen and oxygen atoms in total. The molecule has 0 aromatic heterocycles. The van der Waals surface area contributed by atoms with E-state index in [1.54, 1.807) is 12.1 Å². The number of ether oxygens (including phenoxy) is 1. The van der Waals surface area contributed by atoms with Gasteiger partial charge in [-0.15, -0.1) is 0 Å². The van der Waals surface area contributed by atoms with Crippen molar-refractivity contribution < 1.29 is 14.8 Å². The van der Waals surface area contributed by atoms with Crippen LogP contribution in [0.25, 0.3) is 0 Å². The van der Waals surface area contributed by atoms with Gasteiger partial charge >= 0.3 is 7.12 Å². The Hall–Kier alpha value is -0.995. The molecule has 0 aliphatic heterocycles. The maximum Gasteiger partial charge on any atom is 0.488 e. The second-order valence-electron chi connectivity index (χ2n) is 4.85. The molecule has 0 bridgehead atoms. The van der Waals surface area contributed by atoms with E-state index in [0.717, 1.165) is 5.56 Å². The van der Waals surface area contributed by atoms with Crippen molar-refractivity contribution in [1.82, 2.24) is 0 Å². The Labute approximate surface area is 97.2 Å². The molecule has 0 aliphatic rings. The van der Waals surface area contributed by atoms with Crippen LogP contribution < -0.4 is 10.2 Å². The normalized spacial score (nSPS) is 11.4. The van der Waals surface area contributed by atoms with Crippen LogP contribution >= 0.6 is 0 Å². The quantitative estimate of drug-likeness (QED) is 0.752. The second kappa shape index (κ2) is 4.89. The summed E-state index contributed by atoms with van der Waals surface area (Å²) in [6.07, 6.45) is 0. The maximum absolute atomic E-state index is 9.21. The summed E-state index contributed by atoms with van der Waals surface area (Å²) in [4.78, 5) is 0. The Morgan fingerprint density at radius 2 is 1.81 bits per heavy atom. The predicted octanol–water partition coefficient (Wildman–Crippen LogP) is 1.06. The van der Waals surface area contributed by atoms with Crippen LogP contribution in [0.4, 0.5) is 0 Å². The van der Waals surface area contributed by atoms with E-state index in [9.17, 15) is 10.0 Å². The molecule has 2 N–H and O–H groups in total. The molecule has 0 aliphatic carbocycles. The van der Waals surface area contributed by atoms with Crippen LogP contribution in [0.15, 0.2) is 18.2 Å². The Bertz CT molecular complexity index is 356. The average molecular weight is 222 g/mol. The van der Waals surface area contributed by atoms with E-state index in [0.29, 0.717) is 17.8 Å². The first-order valence-electron chi connectivity index (χ1n) is 5.49. The lowest BCUT2D eigenvalue weighted by Gasteiger charge is -2.21. The van der Waals surface area contributed by atoms with Crippen LogP contribution in [0.1, 0.15) is 33.3 Å². The Balaban J connectivity index is 3.19. The fraction of sp³-hybridized carbons (Fsp3) is 0.500. The summed E-state index contributed by atoms with van der Waals surface area (Å²) in [6, 6.07) is 5.39. The SMILES string of the molecule is CCOc1cc(B(O)O)cc(C(C)(C)C)c1. The van der Waals surface area contributed by atoms with Gasteiger partial charge in [0.2, 0.25) is 0 Å². The zero-order valence-corrected chi connectivity index (χ0v) is 10.3. The third-order valence-corrected chi connectivity index (χ3v) is 2.40. The first-order chi connectivity index (χ1) is 7.34. The lowest BCUT2D eigenvalue weighted by Crippen LogP contribution is -2.31. The van der Waals surface area contributed by atoms with Crippen LogP contribution in [0, 0.1) is 0 Å². The number of benzene rings is 1. The standard InChI is InChI=1S/C12H19BO3/c1-5-16-11-7-9(12(2,3)4)6-10(8-11)13(14)15/h6-8,14-15H,5H2,1-4H3. The minimum Gasteiger partial charge on any atom is -0.494 e. The molecular formula is C12H19BO3. The molecule has 1 aromatic carbocycles. The van der Waals surface area contributed by atoms with Crippen molar-refractivity contribution in [2.45, 2.75) is 33.1 Å². The topological polar surface area (TPSA) is 49.7 Å². The van der Waals surface area contributed by atoms with Crippen LogP contribution in [0.5, 0.6) is 5.75 Å². The van der Waals surface area contributed by atoms with Crippen molar-refractivity contribution in [2.24, 2.45) is 0 Å². The first-order valence-corrected chi connectivity index (χ1v) is 5.49. The van der Waals surface area contributed by atoms with Gasteiger partial charge in [0.1, 0.15) is 5.75 Å². The van der Waals surface area contributed by atoms with Crippen molar-refractivity contribution in [3.8, 4) is 5.75 Å². The van der Waals surface area contributed by atoms with Crippen molar-refractivity contribution in [1.29, 1.82) is 0 Å². The van der Waals surface area contributed by atoms with Gasteiger partial charge in [0.05, 0.1) is 6.61 Å². The van der Waals surface area contributed by atoms with Crippen LogP contribution in [-0.2, 0) is 5.41 Å². The highest BCUT2D eigenvalue weighted by atomic mass is 16.5. The van der Waals surface area contributed by atoms with E-state index in [1.807, 2.05) is 13.0 Å². The minimum absolute atomic E-state index is 0.0449. The molecule has 0 fully saturated rings. The molecule has 0 saturated carbocycles. The third kappa shape index (κ3) is 3.25. The van der Waals surface area contributed by atoms with Gasteiger partial charge in [0.15, 0.2) is 0 Å². The molecule has 4 heteroatoms. The molecule has 1 rings (SSSR count). The van der Waals surface area contributed by atoms with E-state index in [4.69, 9.17) is 4.74 Å². The van der Waals surface area contributed by atoms with Gasteiger partial charge in [-0.2, -0.15) is 0 Å². The molecule has 1 aromatic rings. The molecule has 0 atom stereocenters. The Kier molecular flexibility index (Phi) is 4.00. The maximum atomic E-state index is 9.21. The highest BCUT2D eigenvalue weighted by Gasteiger charge is 2.19. The van der Waals surface area contributed by atoms with Crippen LogP contribution in [0.2, 0.25) is 0 Å². The van der Waals surface area contributed by atoms with E-state index in [1.165, 1.54) is 0 Å². The summed E-state index contributed by atoms with van der Waals surface area (Å²) >= 11 is 0. The monoisotopic (exact) mass is 222 g/mol. The minimum atomic E-state index is -1.46. The van der Waals surface area contributed by atoms with Crippen molar-refractivity contribution in [3.63, 3.8) is 0 Å². The highest BCUT2D eigenvalue weighted by molar-refractivity contribution is 6.58. The van der Waals surface area contributed by atoms with Crippen molar-refractivity contribution in [3.05, 3.63) is 23.8 Å². The summed E-state index contributed by atoms with van der Waals surface area (Å²) in [6.45, 7) is 8.69. The Morgan fingerprint density at radius 3 is 2.25 bits per heavy atom. The smallest absolute Gasteiger partial charge is 0.488 e. The number of hydrogen-bond donors (Lipinski definition) is 2. The van der Waals surface area contributed by atoms with Crippen LogP contribution in [-0.4, -0.2) is 23.8 Å². The summed E-state index contributed by atoms with van der Waals surface area (Å²) in [5, 5.41) is 18.4. The second-order valence-corrected chi connectivity index (χ2v) is 4.85. The number of rotatable bonds is 3. The van der Waals surface area contributed by atoms with Crippen molar-refractivity contribution >= 4 is 12.6 Å². The fourth-order valence-corrected chi connectivity index (χ4v) is 1.45. The van der Waals surface area contributed by atoms with Gasteiger partial charge in [-0.3, -0.25) is 0 Å². The molecule has 0 saturated heterocycles. The summed E-state index contributed by atoms with van der Waals surface area (Å²) in [7, 11) is -1.46. The first kappa shape index (κ1) is 13.1. The van der Waals surface area contributed by atoms with Gasteiger partial charge in [0.25, 0.3) is 0 Å². The Morgan fingerprint density at radius 1 is 1.19 bits per heavy atom. The molecular weight excluding hydrogens is 203 g/mol. The zero-order valence-electron chi connectivity index (χ0n) is 10.3. The zero-order chi connectivity index (χ0) is 12.3. The summed E-state index contributed by atoms with van der Waals surface area (Å²) in [5.41, 5.74) is 1.45. The van der Waals surface area contributed by atoms with Crippen LogP contribution in [0.3, 0.4) is 0 Å². The van der Waals surface area contributed by atoms with E-state index < -0.39 is 7.12 Å². The summed E-state index contributed by atoms with van der Waals surface area (Å²) in [5.74, 6) is 0.679. The lowest BCUT2D eigenvalue weighted by atomic mass is 9.76. The fourth-order valence-electron chi connectivity index (χ4n) is 1.45. The van der Waals surface area contributed by atoms with E-state index in [-0.39, 0.29) is 5.41 Å². The van der Waals surface area contributed by atoms with Crippen molar-refractivity contribution in [2.75, 3.05) is 6.61 Å². The summed E-state index contributed by atoms with van der Waals surface area (Å²) < 4.78 is 5.41. The molecule has 88 valence electrons. The van der Waals surface area contributed by atoms with Gasteiger partial charge in [-0.25, -0.2) is 0 Å². The molecule has 16 heavy (non-hydrogen) atoms. The molecule has 0 amide bonds. The molecule has 0 spiro atoms. The van der Waals surface area contributed by atoms with Gasteiger partial charge in [0, 0.05) is 0 Å². The largest absolute Gasteiger partial charge is 0.494 e. The van der Waals surface area contributed by atoms with Gasteiger partial charge < -0.3 is 14.8 Å². The van der Waals surface area contributed by atoms with E-state index in [2.05, 4.69) is 20.8 Å². The highest BCUT2D eigenvalue weighted by Crippen LogP contribution is 2.24. The lowest BCUT2D eigenvalue weighted by molar-refractivity contribution is 0.339. The van der Waals surface area contributed by atoms with Gasteiger partial charge in [-0.05, 0) is 35.5 Å². The third-order valence-electron chi connectivity index (χ3n) is 2.40. The molecule has 0 heterocycles.